The standard InChI is InChI=1S/C20H22N2O2/c1-12-5-6-15(9-13(12)2)22-20(23)11-17-14(3)21-19-8-7-16(24-4)10-18(17)19/h5-10,21H,11H2,1-4H3,(H,22,23). The van der Waals surface area contributed by atoms with E-state index < -0.39 is 0 Å². The minimum absolute atomic E-state index is 0.0231. The van der Waals surface area contributed by atoms with Gasteiger partial charge in [-0.3, -0.25) is 4.79 Å². The van der Waals surface area contributed by atoms with Crippen molar-refractivity contribution < 1.29 is 9.53 Å². The van der Waals surface area contributed by atoms with Gasteiger partial charge in [-0.2, -0.15) is 0 Å². The third kappa shape index (κ3) is 3.13. The topological polar surface area (TPSA) is 54.1 Å². The Kier molecular flexibility index (Phi) is 4.30. The van der Waals surface area contributed by atoms with Gasteiger partial charge in [0.05, 0.1) is 13.5 Å². The van der Waals surface area contributed by atoms with E-state index in [0.29, 0.717) is 6.42 Å². The molecule has 0 aliphatic carbocycles. The summed E-state index contributed by atoms with van der Waals surface area (Å²) in [6, 6.07) is 11.8. The molecule has 0 aliphatic rings. The zero-order chi connectivity index (χ0) is 17.3. The van der Waals surface area contributed by atoms with Crippen molar-refractivity contribution in [1.29, 1.82) is 0 Å². The summed E-state index contributed by atoms with van der Waals surface area (Å²) in [5.41, 5.74) is 6.24. The van der Waals surface area contributed by atoms with Crippen molar-refractivity contribution in [3.05, 3.63) is 58.8 Å². The van der Waals surface area contributed by atoms with Crippen molar-refractivity contribution in [3.63, 3.8) is 0 Å². The monoisotopic (exact) mass is 322 g/mol. The van der Waals surface area contributed by atoms with Crippen LogP contribution in [0, 0.1) is 20.8 Å². The van der Waals surface area contributed by atoms with Crippen LogP contribution in [-0.2, 0) is 11.2 Å². The highest BCUT2D eigenvalue weighted by Crippen LogP contribution is 2.27. The second-order valence-corrected chi connectivity index (χ2v) is 6.16. The number of hydrogen-bond donors (Lipinski definition) is 2. The number of anilines is 1. The number of aryl methyl sites for hydroxylation is 3. The minimum atomic E-state index is -0.0231. The number of carbonyl (C=O) groups excluding carboxylic acids is 1. The number of fused-ring (bicyclic) bond motifs is 1. The lowest BCUT2D eigenvalue weighted by Crippen LogP contribution is -2.15. The molecule has 1 heterocycles. The lowest BCUT2D eigenvalue weighted by molar-refractivity contribution is -0.115. The predicted molar refractivity (Wildman–Crippen MR) is 97.8 cm³/mol. The molecule has 0 saturated heterocycles. The van der Waals surface area contributed by atoms with Crippen LogP contribution in [0.2, 0.25) is 0 Å². The molecule has 0 saturated carbocycles. The van der Waals surface area contributed by atoms with E-state index in [0.717, 1.165) is 33.6 Å². The molecule has 1 amide bonds. The fourth-order valence-corrected chi connectivity index (χ4v) is 2.90. The van der Waals surface area contributed by atoms with Crippen LogP contribution in [-0.4, -0.2) is 18.0 Å². The number of methoxy groups -OCH3 is 1. The van der Waals surface area contributed by atoms with Crippen molar-refractivity contribution in [3.8, 4) is 5.75 Å². The molecular weight excluding hydrogens is 300 g/mol. The van der Waals surface area contributed by atoms with Crippen molar-refractivity contribution in [2.24, 2.45) is 0 Å². The van der Waals surface area contributed by atoms with Gasteiger partial charge in [0, 0.05) is 22.3 Å². The van der Waals surface area contributed by atoms with Gasteiger partial charge in [-0.05, 0) is 67.8 Å². The molecule has 3 rings (SSSR count). The molecule has 0 aliphatic heterocycles. The lowest BCUT2D eigenvalue weighted by Gasteiger charge is -2.08. The van der Waals surface area contributed by atoms with E-state index >= 15 is 0 Å². The van der Waals surface area contributed by atoms with E-state index in [1.165, 1.54) is 11.1 Å². The van der Waals surface area contributed by atoms with E-state index in [2.05, 4.69) is 17.2 Å². The summed E-state index contributed by atoms with van der Waals surface area (Å²) >= 11 is 0. The maximum absolute atomic E-state index is 12.5. The highest BCUT2D eigenvalue weighted by atomic mass is 16.5. The molecule has 124 valence electrons. The van der Waals surface area contributed by atoms with Crippen LogP contribution in [0.5, 0.6) is 5.75 Å². The number of hydrogen-bond acceptors (Lipinski definition) is 2. The molecule has 1 aromatic heterocycles. The maximum Gasteiger partial charge on any atom is 0.228 e. The second-order valence-electron chi connectivity index (χ2n) is 6.16. The maximum atomic E-state index is 12.5. The third-order valence-corrected chi connectivity index (χ3v) is 4.45. The van der Waals surface area contributed by atoms with Gasteiger partial charge in [0.25, 0.3) is 0 Å². The third-order valence-electron chi connectivity index (χ3n) is 4.45. The van der Waals surface area contributed by atoms with Gasteiger partial charge in [0.1, 0.15) is 5.75 Å². The molecule has 0 radical (unpaired) electrons. The number of amides is 1. The van der Waals surface area contributed by atoms with E-state index in [9.17, 15) is 4.79 Å². The molecule has 0 atom stereocenters. The number of benzene rings is 2. The second kappa shape index (κ2) is 6.40. The number of carbonyl (C=O) groups is 1. The zero-order valence-electron chi connectivity index (χ0n) is 14.5. The molecule has 24 heavy (non-hydrogen) atoms. The normalized spacial score (nSPS) is 10.8. The number of aromatic nitrogens is 1. The van der Waals surface area contributed by atoms with Crippen molar-refractivity contribution in [2.75, 3.05) is 12.4 Å². The van der Waals surface area contributed by atoms with Gasteiger partial charge in [0.15, 0.2) is 0 Å². The number of H-pyrrole nitrogens is 1. The highest BCUT2D eigenvalue weighted by molar-refractivity contribution is 5.96. The number of rotatable bonds is 4. The van der Waals surface area contributed by atoms with Gasteiger partial charge >= 0.3 is 0 Å². The first-order valence-corrected chi connectivity index (χ1v) is 8.00. The predicted octanol–water partition coefficient (Wildman–Crippen LogP) is 4.28. The summed E-state index contributed by atoms with van der Waals surface area (Å²) in [7, 11) is 1.65. The molecule has 2 aromatic carbocycles. The van der Waals surface area contributed by atoms with Gasteiger partial charge in [-0.15, -0.1) is 0 Å². The summed E-state index contributed by atoms with van der Waals surface area (Å²) in [5.74, 6) is 0.766. The Balaban J connectivity index is 1.84. The molecule has 0 bridgehead atoms. The Morgan fingerprint density at radius 2 is 1.88 bits per heavy atom. The zero-order valence-corrected chi connectivity index (χ0v) is 14.5. The quantitative estimate of drug-likeness (QED) is 0.753. The smallest absolute Gasteiger partial charge is 0.228 e. The van der Waals surface area contributed by atoms with Crippen LogP contribution < -0.4 is 10.1 Å². The first kappa shape index (κ1) is 16.1. The Morgan fingerprint density at radius 3 is 2.58 bits per heavy atom. The molecule has 3 aromatic rings. The Hall–Kier alpha value is -2.75. The van der Waals surface area contributed by atoms with E-state index in [-0.39, 0.29) is 5.91 Å². The fourth-order valence-electron chi connectivity index (χ4n) is 2.90. The summed E-state index contributed by atoms with van der Waals surface area (Å²) in [6.07, 6.45) is 0.325. The number of ether oxygens (including phenoxy) is 1. The van der Waals surface area contributed by atoms with Crippen molar-refractivity contribution >= 4 is 22.5 Å². The largest absolute Gasteiger partial charge is 0.497 e. The SMILES string of the molecule is COc1ccc2[nH]c(C)c(CC(=O)Nc3ccc(C)c(C)c3)c2c1. The Labute approximate surface area is 141 Å². The van der Waals surface area contributed by atoms with Crippen LogP contribution in [0.1, 0.15) is 22.4 Å². The lowest BCUT2D eigenvalue weighted by atomic mass is 10.1. The van der Waals surface area contributed by atoms with Crippen molar-refractivity contribution in [1.82, 2.24) is 4.98 Å². The van der Waals surface area contributed by atoms with Gasteiger partial charge in [-0.1, -0.05) is 6.07 Å². The van der Waals surface area contributed by atoms with Crippen LogP contribution in [0.15, 0.2) is 36.4 Å². The first-order chi connectivity index (χ1) is 11.5. The fraction of sp³-hybridized carbons (Fsp3) is 0.250. The molecule has 4 heteroatoms. The van der Waals surface area contributed by atoms with Crippen LogP contribution in [0.25, 0.3) is 10.9 Å². The van der Waals surface area contributed by atoms with Gasteiger partial charge < -0.3 is 15.0 Å². The van der Waals surface area contributed by atoms with Crippen LogP contribution in [0.3, 0.4) is 0 Å². The Morgan fingerprint density at radius 1 is 1.08 bits per heavy atom. The highest BCUT2D eigenvalue weighted by Gasteiger charge is 2.13. The average molecular weight is 322 g/mol. The van der Waals surface area contributed by atoms with E-state index in [1.54, 1.807) is 7.11 Å². The summed E-state index contributed by atoms with van der Waals surface area (Å²) < 4.78 is 5.30. The van der Waals surface area contributed by atoms with Gasteiger partial charge in [-0.25, -0.2) is 0 Å². The van der Waals surface area contributed by atoms with Crippen molar-refractivity contribution in [2.45, 2.75) is 27.2 Å². The minimum Gasteiger partial charge on any atom is -0.497 e. The molecule has 2 N–H and O–H groups in total. The molecular formula is C20H22N2O2. The Bertz CT molecular complexity index is 909. The van der Waals surface area contributed by atoms with Gasteiger partial charge in [0.2, 0.25) is 5.91 Å². The number of aromatic amines is 1. The summed E-state index contributed by atoms with van der Waals surface area (Å²) in [4.78, 5) is 15.8. The molecule has 0 fully saturated rings. The van der Waals surface area contributed by atoms with Crippen LogP contribution >= 0.6 is 0 Å². The van der Waals surface area contributed by atoms with E-state index in [1.807, 2.05) is 50.2 Å². The molecule has 4 nitrogen and oxygen atoms in total. The molecule has 0 unspecified atom stereocenters. The summed E-state index contributed by atoms with van der Waals surface area (Å²) in [5, 5.41) is 4.01. The first-order valence-electron chi connectivity index (χ1n) is 8.00. The van der Waals surface area contributed by atoms with E-state index in [4.69, 9.17) is 4.74 Å². The summed E-state index contributed by atoms with van der Waals surface area (Å²) in [6.45, 7) is 6.09. The average Bonchev–Trinajstić information content (AvgIpc) is 2.86. The van der Waals surface area contributed by atoms with Crippen LogP contribution in [0.4, 0.5) is 5.69 Å². The molecule has 0 spiro atoms. The number of nitrogens with one attached hydrogen (secondary N) is 2.